The predicted octanol–water partition coefficient (Wildman–Crippen LogP) is 2.99. The maximum Gasteiger partial charge on any atom is 0.410 e. The summed E-state index contributed by atoms with van der Waals surface area (Å²) < 4.78 is 16.6. The molecule has 1 saturated heterocycles. The van der Waals surface area contributed by atoms with Gasteiger partial charge in [-0.25, -0.2) is 4.79 Å². The molecule has 152 valence electrons. The summed E-state index contributed by atoms with van der Waals surface area (Å²) in [4.78, 5) is 16.5. The zero-order valence-corrected chi connectivity index (χ0v) is 17.2. The van der Waals surface area contributed by atoms with Crippen LogP contribution in [-0.4, -0.2) is 67.4 Å². The second kappa shape index (κ2) is 9.17. The number of carbonyl (C=O) groups is 1. The number of carbonyl (C=O) groups excluding carboxylic acids is 1. The zero-order valence-electron chi connectivity index (χ0n) is 17.2. The average molecular weight is 380 g/mol. The number of anilines is 1. The van der Waals surface area contributed by atoms with E-state index in [9.17, 15) is 4.79 Å². The van der Waals surface area contributed by atoms with E-state index < -0.39 is 5.60 Å². The Kier molecular flexibility index (Phi) is 7.18. The number of ether oxygens (including phenoxy) is 3. The molecule has 0 aromatic heterocycles. The Labute approximate surface area is 162 Å². The lowest BCUT2D eigenvalue weighted by molar-refractivity contribution is 0.00105. The predicted molar refractivity (Wildman–Crippen MR) is 106 cm³/mol. The number of methoxy groups -OCH3 is 1. The Morgan fingerprint density at radius 2 is 2.00 bits per heavy atom. The number of hydrogen-bond acceptors (Lipinski definition) is 6. The van der Waals surface area contributed by atoms with Gasteiger partial charge in [0.05, 0.1) is 13.7 Å². The van der Waals surface area contributed by atoms with E-state index in [4.69, 9.17) is 19.9 Å². The topological polar surface area (TPSA) is 77.3 Å². The third kappa shape index (κ3) is 6.50. The van der Waals surface area contributed by atoms with Crippen LogP contribution in [0.15, 0.2) is 18.2 Å². The highest BCUT2D eigenvalue weighted by molar-refractivity contribution is 5.68. The van der Waals surface area contributed by atoms with Gasteiger partial charge in [-0.05, 0) is 46.2 Å². The molecule has 7 heteroatoms. The largest absolute Gasteiger partial charge is 0.493 e. The van der Waals surface area contributed by atoms with Gasteiger partial charge in [0.1, 0.15) is 5.60 Å². The van der Waals surface area contributed by atoms with Crippen molar-refractivity contribution in [3.05, 3.63) is 18.2 Å². The molecule has 1 atom stereocenters. The molecule has 2 rings (SSSR count). The summed E-state index contributed by atoms with van der Waals surface area (Å²) in [6, 6.07) is 5.52. The molecule has 1 heterocycles. The molecule has 2 N–H and O–H groups in total. The van der Waals surface area contributed by atoms with Gasteiger partial charge in [-0.1, -0.05) is 0 Å². The molecule has 1 aromatic rings. The van der Waals surface area contributed by atoms with Crippen molar-refractivity contribution >= 4 is 11.8 Å². The normalized spacial score (nSPS) is 18.3. The monoisotopic (exact) mass is 379 g/mol. The van der Waals surface area contributed by atoms with Crippen molar-refractivity contribution in [2.75, 3.05) is 45.6 Å². The first-order valence-corrected chi connectivity index (χ1v) is 9.48. The van der Waals surface area contributed by atoms with Crippen molar-refractivity contribution in [3.8, 4) is 11.5 Å². The molecule has 7 nitrogen and oxygen atoms in total. The molecule has 1 aromatic carbocycles. The van der Waals surface area contributed by atoms with E-state index in [2.05, 4.69) is 11.8 Å². The first-order chi connectivity index (χ1) is 12.7. The number of nitrogens with two attached hydrogens (primary N) is 1. The molecular formula is C20H33N3O4. The van der Waals surface area contributed by atoms with Crippen LogP contribution in [0.5, 0.6) is 11.5 Å². The number of piperazine rings is 1. The molecule has 0 aliphatic carbocycles. The van der Waals surface area contributed by atoms with Crippen LogP contribution in [0.1, 0.15) is 34.1 Å². The highest BCUT2D eigenvalue weighted by Crippen LogP contribution is 2.29. The van der Waals surface area contributed by atoms with Crippen LogP contribution < -0.4 is 15.2 Å². The fourth-order valence-electron chi connectivity index (χ4n) is 3.10. The maximum atomic E-state index is 12.3. The van der Waals surface area contributed by atoms with Gasteiger partial charge in [0.15, 0.2) is 11.5 Å². The number of benzene rings is 1. The lowest BCUT2D eigenvalue weighted by atomic mass is 10.2. The Morgan fingerprint density at radius 3 is 2.63 bits per heavy atom. The molecule has 0 unspecified atom stereocenters. The van der Waals surface area contributed by atoms with E-state index in [0.717, 1.165) is 26.1 Å². The lowest BCUT2D eigenvalue weighted by Gasteiger charge is -2.40. The van der Waals surface area contributed by atoms with Gasteiger partial charge in [0.2, 0.25) is 0 Å². The minimum atomic E-state index is -0.464. The number of nitrogens with zero attached hydrogens (tertiary/aromatic N) is 2. The van der Waals surface area contributed by atoms with E-state index in [-0.39, 0.29) is 12.1 Å². The molecule has 1 amide bonds. The molecule has 1 fully saturated rings. The molecule has 1 aliphatic rings. The molecular weight excluding hydrogens is 346 g/mol. The molecule has 0 bridgehead atoms. The number of rotatable bonds is 6. The van der Waals surface area contributed by atoms with Gasteiger partial charge in [0, 0.05) is 44.0 Å². The Balaban J connectivity index is 1.73. The first-order valence-electron chi connectivity index (χ1n) is 9.48. The third-order valence-electron chi connectivity index (χ3n) is 4.40. The van der Waals surface area contributed by atoms with Gasteiger partial charge < -0.3 is 24.8 Å². The van der Waals surface area contributed by atoms with Crippen molar-refractivity contribution in [2.45, 2.75) is 45.8 Å². The molecule has 0 saturated carbocycles. The fourth-order valence-corrected chi connectivity index (χ4v) is 3.10. The second-order valence-electron chi connectivity index (χ2n) is 7.94. The van der Waals surface area contributed by atoms with E-state index in [0.29, 0.717) is 30.3 Å². The molecule has 0 radical (unpaired) electrons. The Morgan fingerprint density at radius 1 is 1.26 bits per heavy atom. The average Bonchev–Trinajstić information content (AvgIpc) is 2.58. The summed E-state index contributed by atoms with van der Waals surface area (Å²) in [5.74, 6) is 1.35. The smallest absolute Gasteiger partial charge is 0.410 e. The van der Waals surface area contributed by atoms with Crippen LogP contribution in [0.2, 0.25) is 0 Å². The van der Waals surface area contributed by atoms with Crippen molar-refractivity contribution in [3.63, 3.8) is 0 Å². The summed E-state index contributed by atoms with van der Waals surface area (Å²) in [5.41, 5.74) is 5.94. The summed E-state index contributed by atoms with van der Waals surface area (Å²) in [5, 5.41) is 0. The second-order valence-corrected chi connectivity index (χ2v) is 7.94. The lowest BCUT2D eigenvalue weighted by Crippen LogP contribution is -2.55. The fraction of sp³-hybridized carbons (Fsp3) is 0.650. The Hall–Kier alpha value is -2.15. The van der Waals surface area contributed by atoms with Gasteiger partial charge >= 0.3 is 6.09 Å². The van der Waals surface area contributed by atoms with Crippen LogP contribution in [0.4, 0.5) is 10.5 Å². The molecule has 0 spiro atoms. The van der Waals surface area contributed by atoms with Crippen LogP contribution in [0.25, 0.3) is 0 Å². The highest BCUT2D eigenvalue weighted by atomic mass is 16.6. The molecule has 27 heavy (non-hydrogen) atoms. The van der Waals surface area contributed by atoms with E-state index >= 15 is 0 Å². The van der Waals surface area contributed by atoms with Crippen LogP contribution in [-0.2, 0) is 4.74 Å². The summed E-state index contributed by atoms with van der Waals surface area (Å²) in [7, 11) is 1.60. The maximum absolute atomic E-state index is 12.3. The summed E-state index contributed by atoms with van der Waals surface area (Å²) in [6.07, 6.45) is 0.667. The summed E-state index contributed by atoms with van der Waals surface area (Å²) in [6.45, 7) is 11.6. The van der Waals surface area contributed by atoms with Gasteiger partial charge in [-0.15, -0.1) is 0 Å². The van der Waals surface area contributed by atoms with Crippen molar-refractivity contribution in [2.24, 2.45) is 0 Å². The van der Waals surface area contributed by atoms with E-state index in [1.54, 1.807) is 19.2 Å². The third-order valence-corrected chi connectivity index (χ3v) is 4.40. The minimum absolute atomic E-state index is 0.131. The van der Waals surface area contributed by atoms with Gasteiger partial charge in [-0.2, -0.15) is 0 Å². The molecule has 1 aliphatic heterocycles. The number of hydrogen-bond donors (Lipinski definition) is 1. The van der Waals surface area contributed by atoms with E-state index in [1.807, 2.05) is 31.7 Å². The van der Waals surface area contributed by atoms with Crippen LogP contribution in [0, 0.1) is 0 Å². The van der Waals surface area contributed by atoms with Crippen molar-refractivity contribution in [1.29, 1.82) is 0 Å². The van der Waals surface area contributed by atoms with Crippen molar-refractivity contribution in [1.82, 2.24) is 9.80 Å². The first kappa shape index (κ1) is 21.2. The zero-order chi connectivity index (χ0) is 20.0. The minimum Gasteiger partial charge on any atom is -0.493 e. The number of nitrogen functional groups attached to an aromatic ring is 1. The Bertz CT molecular complexity index is 630. The van der Waals surface area contributed by atoms with Gasteiger partial charge in [0.25, 0.3) is 0 Å². The van der Waals surface area contributed by atoms with Crippen LogP contribution >= 0.6 is 0 Å². The number of amides is 1. The van der Waals surface area contributed by atoms with Gasteiger partial charge in [-0.3, -0.25) is 4.90 Å². The standard InChI is InChI=1S/C20H33N3O4/c1-15-14-22(10-11-23(15)19(24)27-20(2,3)4)9-6-12-26-17-8-7-16(21)13-18(17)25-5/h7-8,13,15H,6,9-12,14,21H2,1-5H3/t15-/m1/s1. The highest BCUT2D eigenvalue weighted by Gasteiger charge is 2.30. The van der Waals surface area contributed by atoms with E-state index in [1.165, 1.54) is 0 Å². The quantitative estimate of drug-likeness (QED) is 0.605. The SMILES string of the molecule is COc1cc(N)ccc1OCCCN1CCN(C(=O)OC(C)(C)C)[C@H](C)C1. The van der Waals surface area contributed by atoms with Crippen LogP contribution in [0.3, 0.4) is 0 Å². The van der Waals surface area contributed by atoms with Crippen molar-refractivity contribution < 1.29 is 19.0 Å². The summed E-state index contributed by atoms with van der Waals surface area (Å²) >= 11 is 0.